The molecule has 0 unspecified atom stereocenters. The van der Waals surface area contributed by atoms with Crippen LogP contribution in [0.25, 0.3) is 0 Å². The third-order valence-electron chi connectivity index (χ3n) is 6.60. The molecule has 0 heterocycles. The minimum atomic E-state index is -0.935. The van der Waals surface area contributed by atoms with Crippen molar-refractivity contribution in [1.82, 2.24) is 0 Å². The summed E-state index contributed by atoms with van der Waals surface area (Å²) in [4.78, 5) is 31.8. The van der Waals surface area contributed by atoms with Gasteiger partial charge in [-0.3, -0.25) is 0 Å². The Labute approximate surface area is 186 Å². The Morgan fingerprint density at radius 3 is 1.45 bits per heavy atom. The van der Waals surface area contributed by atoms with E-state index in [4.69, 9.17) is 9.84 Å². The molecule has 4 aliphatic rings. The van der Waals surface area contributed by atoms with Crippen LogP contribution in [0.5, 0.6) is 0 Å². The van der Waals surface area contributed by atoms with Crippen LogP contribution in [-0.2, 0) is 23.9 Å². The minimum absolute atomic E-state index is 0.163. The van der Waals surface area contributed by atoms with Crippen LogP contribution in [0.3, 0.4) is 0 Å². The SMILES string of the molecule is C=C(C)C(=O)O.C=C(C)C(=O)OC.C=C(C)C(=O)OC1(CC)C2CC3CC(C2)CC1C3. The van der Waals surface area contributed by atoms with Crippen molar-refractivity contribution in [2.45, 2.75) is 71.8 Å². The first-order valence-corrected chi connectivity index (χ1v) is 10.9. The molecule has 0 spiro atoms. The number of methoxy groups -OCH3 is 1. The average Bonchev–Trinajstić information content (AvgIpc) is 2.70. The fourth-order valence-electron chi connectivity index (χ4n) is 5.23. The summed E-state index contributed by atoms with van der Waals surface area (Å²) in [6.07, 6.45) is 7.53. The maximum Gasteiger partial charge on any atom is 0.333 e. The fourth-order valence-corrected chi connectivity index (χ4v) is 5.23. The predicted molar refractivity (Wildman–Crippen MR) is 120 cm³/mol. The van der Waals surface area contributed by atoms with E-state index in [0.717, 1.165) is 18.3 Å². The van der Waals surface area contributed by atoms with Gasteiger partial charge in [0.2, 0.25) is 0 Å². The van der Waals surface area contributed by atoms with Crippen LogP contribution >= 0.6 is 0 Å². The Kier molecular flexibility index (Phi) is 9.72. The van der Waals surface area contributed by atoms with Gasteiger partial charge in [0.25, 0.3) is 0 Å². The van der Waals surface area contributed by atoms with Crippen LogP contribution in [0, 0.1) is 23.7 Å². The first-order valence-electron chi connectivity index (χ1n) is 10.9. The Morgan fingerprint density at radius 1 is 0.839 bits per heavy atom. The van der Waals surface area contributed by atoms with Crippen molar-refractivity contribution < 1.29 is 29.0 Å². The summed E-state index contributed by atoms with van der Waals surface area (Å²) in [7, 11) is 1.33. The zero-order valence-corrected chi connectivity index (χ0v) is 19.7. The van der Waals surface area contributed by atoms with Crippen LogP contribution < -0.4 is 0 Å². The second-order valence-electron chi connectivity index (χ2n) is 9.14. The highest BCUT2D eigenvalue weighted by molar-refractivity contribution is 5.87. The summed E-state index contributed by atoms with van der Waals surface area (Å²) >= 11 is 0. The molecule has 4 aliphatic carbocycles. The fraction of sp³-hybridized carbons (Fsp3) is 0.640. The van der Waals surface area contributed by atoms with Gasteiger partial charge in [-0.2, -0.15) is 0 Å². The molecule has 4 rings (SSSR count). The Bertz CT molecular complexity index is 692. The molecule has 174 valence electrons. The highest BCUT2D eigenvalue weighted by Gasteiger charge is 2.58. The summed E-state index contributed by atoms with van der Waals surface area (Å²) in [6.45, 7) is 17.2. The molecule has 4 bridgehead atoms. The van der Waals surface area contributed by atoms with E-state index in [-0.39, 0.29) is 23.1 Å². The molecule has 0 atom stereocenters. The second-order valence-corrected chi connectivity index (χ2v) is 9.14. The van der Waals surface area contributed by atoms with E-state index in [9.17, 15) is 14.4 Å². The number of hydrogen-bond donors (Lipinski definition) is 1. The lowest BCUT2D eigenvalue weighted by Gasteiger charge is -2.60. The van der Waals surface area contributed by atoms with Gasteiger partial charge in [0.05, 0.1) is 7.11 Å². The normalized spacial score (nSPS) is 29.3. The highest BCUT2D eigenvalue weighted by atomic mass is 16.6. The number of ether oxygens (including phenoxy) is 2. The Hall–Kier alpha value is -2.37. The molecule has 0 aromatic rings. The summed E-state index contributed by atoms with van der Waals surface area (Å²) in [6, 6.07) is 0. The molecule has 0 aromatic heterocycles. The highest BCUT2D eigenvalue weighted by Crippen LogP contribution is 2.60. The maximum atomic E-state index is 12.0. The molecule has 0 aromatic carbocycles. The van der Waals surface area contributed by atoms with E-state index >= 15 is 0 Å². The van der Waals surface area contributed by atoms with Gasteiger partial charge in [-0.25, -0.2) is 14.4 Å². The number of carbonyl (C=O) groups is 3. The molecule has 0 saturated heterocycles. The number of esters is 2. The lowest BCUT2D eigenvalue weighted by molar-refractivity contribution is -0.207. The molecule has 6 heteroatoms. The molecule has 1 N–H and O–H groups in total. The molecular formula is C25H38O6. The van der Waals surface area contributed by atoms with Crippen molar-refractivity contribution >= 4 is 17.9 Å². The van der Waals surface area contributed by atoms with Gasteiger partial charge in [0.1, 0.15) is 5.60 Å². The third kappa shape index (κ3) is 6.81. The van der Waals surface area contributed by atoms with Gasteiger partial charge >= 0.3 is 17.9 Å². The molecule has 0 amide bonds. The van der Waals surface area contributed by atoms with Gasteiger partial charge in [0.15, 0.2) is 0 Å². The van der Waals surface area contributed by atoms with Crippen molar-refractivity contribution in [3.05, 3.63) is 36.5 Å². The molecular weight excluding hydrogens is 396 g/mol. The predicted octanol–water partition coefficient (Wildman–Crippen LogP) is 5.09. The minimum Gasteiger partial charge on any atom is -0.478 e. The van der Waals surface area contributed by atoms with Gasteiger partial charge in [-0.15, -0.1) is 0 Å². The van der Waals surface area contributed by atoms with Crippen molar-refractivity contribution in [1.29, 1.82) is 0 Å². The van der Waals surface area contributed by atoms with E-state index in [0.29, 0.717) is 23.0 Å². The zero-order chi connectivity index (χ0) is 23.9. The number of carboxylic acids is 1. The monoisotopic (exact) mass is 434 g/mol. The zero-order valence-electron chi connectivity index (χ0n) is 19.7. The number of carbonyl (C=O) groups excluding carboxylic acids is 2. The van der Waals surface area contributed by atoms with Gasteiger partial charge in [-0.05, 0) is 83.0 Å². The number of carboxylic acid groups (broad SMARTS) is 1. The molecule has 6 nitrogen and oxygen atoms in total. The molecule has 0 aliphatic heterocycles. The summed E-state index contributed by atoms with van der Waals surface area (Å²) in [5.74, 6) is 1.59. The summed E-state index contributed by atoms with van der Waals surface area (Å²) in [5, 5.41) is 7.89. The average molecular weight is 435 g/mol. The Morgan fingerprint density at radius 2 is 1.23 bits per heavy atom. The first kappa shape index (κ1) is 26.7. The smallest absolute Gasteiger partial charge is 0.333 e. The van der Waals surface area contributed by atoms with Crippen LogP contribution in [0.15, 0.2) is 36.5 Å². The molecule has 31 heavy (non-hydrogen) atoms. The largest absolute Gasteiger partial charge is 0.478 e. The Balaban J connectivity index is 0.000000308. The summed E-state index contributed by atoms with van der Waals surface area (Å²) < 4.78 is 10.3. The van der Waals surface area contributed by atoms with Gasteiger partial charge < -0.3 is 14.6 Å². The molecule has 4 fully saturated rings. The van der Waals surface area contributed by atoms with E-state index in [1.165, 1.54) is 46.1 Å². The third-order valence-corrected chi connectivity index (χ3v) is 6.60. The van der Waals surface area contributed by atoms with Crippen molar-refractivity contribution in [2.24, 2.45) is 23.7 Å². The van der Waals surface area contributed by atoms with Crippen LogP contribution in [0.2, 0.25) is 0 Å². The number of aliphatic carboxylic acids is 1. The molecule has 0 radical (unpaired) electrons. The van der Waals surface area contributed by atoms with Crippen LogP contribution in [0.4, 0.5) is 0 Å². The van der Waals surface area contributed by atoms with Gasteiger partial charge in [0, 0.05) is 16.7 Å². The maximum absolute atomic E-state index is 12.0. The molecule has 4 saturated carbocycles. The van der Waals surface area contributed by atoms with E-state index < -0.39 is 5.97 Å². The van der Waals surface area contributed by atoms with E-state index in [2.05, 4.69) is 31.4 Å². The van der Waals surface area contributed by atoms with Crippen molar-refractivity contribution in [2.75, 3.05) is 7.11 Å². The number of rotatable bonds is 5. The van der Waals surface area contributed by atoms with E-state index in [1.807, 2.05) is 0 Å². The van der Waals surface area contributed by atoms with E-state index in [1.54, 1.807) is 13.8 Å². The summed E-state index contributed by atoms with van der Waals surface area (Å²) in [5.41, 5.74) is 0.984. The van der Waals surface area contributed by atoms with Crippen LogP contribution in [-0.4, -0.2) is 35.7 Å². The van der Waals surface area contributed by atoms with Crippen molar-refractivity contribution in [3.63, 3.8) is 0 Å². The topological polar surface area (TPSA) is 89.9 Å². The lowest BCUT2D eigenvalue weighted by atomic mass is 9.49. The van der Waals surface area contributed by atoms with Gasteiger partial charge in [-0.1, -0.05) is 26.7 Å². The quantitative estimate of drug-likeness (QED) is 0.479. The standard InChI is InChI=1S/C16H24O2.C5H8O2.C4H6O2/c1-4-16(18-15(17)10(2)3)13-6-11-5-12(8-13)9-14(16)7-11;1-4(2)5(6)7-3;1-3(2)4(5)6/h11-14H,2,4-9H2,1,3H3;1H2,2-3H3;1H2,2H3,(H,5,6). The lowest BCUT2D eigenvalue weighted by Crippen LogP contribution is -2.59. The number of hydrogen-bond acceptors (Lipinski definition) is 5. The first-order chi connectivity index (χ1) is 14.4. The van der Waals surface area contributed by atoms with Crippen molar-refractivity contribution in [3.8, 4) is 0 Å². The second kappa shape index (κ2) is 11.3. The van der Waals surface area contributed by atoms with Crippen LogP contribution in [0.1, 0.15) is 66.2 Å².